The Morgan fingerprint density at radius 2 is 2.11 bits per heavy atom. The molecule has 0 saturated carbocycles. The fraction of sp³-hybridized carbons (Fsp3) is 0.0909. The van der Waals surface area contributed by atoms with E-state index >= 15 is 0 Å². The van der Waals surface area contributed by atoms with E-state index in [9.17, 15) is 18.0 Å². The van der Waals surface area contributed by atoms with Crippen molar-refractivity contribution in [3.63, 3.8) is 0 Å². The van der Waals surface area contributed by atoms with Crippen LogP contribution in [-0.4, -0.2) is 16.1 Å². The highest BCUT2D eigenvalue weighted by molar-refractivity contribution is 7.12. The summed E-state index contributed by atoms with van der Waals surface area (Å²) in [5, 5.41) is 10.1. The third-order valence-corrected chi connectivity index (χ3v) is 2.92. The highest BCUT2D eigenvalue weighted by atomic mass is 32.1. The predicted octanol–water partition coefficient (Wildman–Crippen LogP) is 3.65. The topological polar surface area (TPSA) is 59.4 Å². The maximum atomic E-state index is 12.4. The molecular weight excluding hydrogens is 283 g/mol. The summed E-state index contributed by atoms with van der Waals surface area (Å²) in [7, 11) is 0. The molecule has 0 atom stereocenters. The quantitative estimate of drug-likeness (QED) is 0.937. The van der Waals surface area contributed by atoms with Crippen LogP contribution >= 0.6 is 11.3 Å². The third kappa shape index (κ3) is 3.22. The lowest BCUT2D eigenvalue weighted by Gasteiger charge is -2.07. The van der Waals surface area contributed by atoms with Gasteiger partial charge in [0.1, 0.15) is 16.3 Å². The zero-order valence-electron chi connectivity index (χ0n) is 9.14. The summed E-state index contributed by atoms with van der Waals surface area (Å²) < 4.78 is 42.3. The summed E-state index contributed by atoms with van der Waals surface area (Å²) in [6.07, 6.45) is -4.56. The molecule has 2 aromatic rings. The number of aromatic carboxylic acids is 1. The molecule has 8 heteroatoms. The second-order valence-electron chi connectivity index (χ2n) is 3.41. The summed E-state index contributed by atoms with van der Waals surface area (Å²) in [5.74, 6) is -1.24. The number of pyridine rings is 1. The van der Waals surface area contributed by atoms with Crippen LogP contribution in [0.1, 0.15) is 15.4 Å². The lowest BCUT2D eigenvalue weighted by molar-refractivity contribution is -0.141. The van der Waals surface area contributed by atoms with Crippen LogP contribution in [-0.2, 0) is 6.18 Å². The van der Waals surface area contributed by atoms with Crippen LogP contribution in [0.3, 0.4) is 0 Å². The molecule has 0 spiro atoms. The van der Waals surface area contributed by atoms with Crippen LogP contribution in [0.5, 0.6) is 11.6 Å². The average molecular weight is 289 g/mol. The van der Waals surface area contributed by atoms with Gasteiger partial charge in [-0.15, -0.1) is 11.3 Å². The molecule has 0 aliphatic carbocycles. The monoisotopic (exact) mass is 289 g/mol. The first-order valence-corrected chi connectivity index (χ1v) is 5.78. The Labute approximate surface area is 109 Å². The standard InChI is InChI=1S/C11H6F3NO3S/c12-11(13,14)8-2-1-3-9(15-8)18-6-4-7(10(16)17)19-5-6/h1-5H,(H,16,17). The first kappa shape index (κ1) is 13.3. The maximum absolute atomic E-state index is 12.4. The van der Waals surface area contributed by atoms with Gasteiger partial charge in [0.05, 0.1) is 0 Å². The summed E-state index contributed by atoms with van der Waals surface area (Å²) in [6.45, 7) is 0. The molecule has 0 amide bonds. The number of carboxylic acids is 1. The zero-order valence-corrected chi connectivity index (χ0v) is 9.96. The van der Waals surface area contributed by atoms with Gasteiger partial charge in [0, 0.05) is 17.5 Å². The molecule has 0 bridgehead atoms. The fourth-order valence-electron chi connectivity index (χ4n) is 1.23. The van der Waals surface area contributed by atoms with E-state index in [1.807, 2.05) is 0 Å². The SMILES string of the molecule is O=C(O)c1cc(Oc2cccc(C(F)(F)F)n2)cs1. The maximum Gasteiger partial charge on any atom is 0.433 e. The molecule has 4 nitrogen and oxygen atoms in total. The van der Waals surface area contributed by atoms with Gasteiger partial charge in [-0.3, -0.25) is 0 Å². The number of hydrogen-bond donors (Lipinski definition) is 1. The minimum absolute atomic E-state index is 0.0296. The van der Waals surface area contributed by atoms with Crippen LogP contribution in [0.2, 0.25) is 0 Å². The van der Waals surface area contributed by atoms with Crippen molar-refractivity contribution < 1.29 is 27.8 Å². The van der Waals surface area contributed by atoms with E-state index in [0.717, 1.165) is 23.5 Å². The van der Waals surface area contributed by atoms with Crippen LogP contribution in [0, 0.1) is 0 Å². The van der Waals surface area contributed by atoms with E-state index in [1.54, 1.807) is 0 Å². The van der Waals surface area contributed by atoms with Gasteiger partial charge in [0.15, 0.2) is 0 Å². The van der Waals surface area contributed by atoms with Crippen LogP contribution in [0.4, 0.5) is 13.2 Å². The highest BCUT2D eigenvalue weighted by Gasteiger charge is 2.32. The van der Waals surface area contributed by atoms with Crippen LogP contribution < -0.4 is 4.74 Å². The Bertz CT molecular complexity index is 609. The van der Waals surface area contributed by atoms with Gasteiger partial charge in [-0.1, -0.05) is 6.07 Å². The first-order valence-electron chi connectivity index (χ1n) is 4.90. The molecule has 19 heavy (non-hydrogen) atoms. The second-order valence-corrected chi connectivity index (χ2v) is 4.32. The van der Waals surface area contributed by atoms with Crippen molar-refractivity contribution in [2.45, 2.75) is 6.18 Å². The zero-order chi connectivity index (χ0) is 14.0. The van der Waals surface area contributed by atoms with Crippen molar-refractivity contribution in [3.05, 3.63) is 40.2 Å². The molecule has 0 radical (unpaired) electrons. The van der Waals surface area contributed by atoms with Crippen molar-refractivity contribution >= 4 is 17.3 Å². The predicted molar refractivity (Wildman–Crippen MR) is 60.6 cm³/mol. The number of carbonyl (C=O) groups is 1. The van der Waals surface area contributed by atoms with Gasteiger partial charge in [-0.05, 0) is 6.07 Å². The van der Waals surface area contributed by atoms with Crippen molar-refractivity contribution in [3.8, 4) is 11.6 Å². The number of thiophene rings is 1. The molecule has 0 unspecified atom stereocenters. The Morgan fingerprint density at radius 3 is 2.68 bits per heavy atom. The molecule has 2 heterocycles. The molecule has 0 saturated heterocycles. The molecule has 2 rings (SSSR count). The van der Waals surface area contributed by atoms with Gasteiger partial charge in [0.2, 0.25) is 5.88 Å². The van der Waals surface area contributed by atoms with E-state index in [2.05, 4.69) is 4.98 Å². The summed E-state index contributed by atoms with van der Waals surface area (Å²) in [4.78, 5) is 14.0. The fourth-order valence-corrected chi connectivity index (χ4v) is 1.88. The molecule has 2 aromatic heterocycles. The van der Waals surface area contributed by atoms with E-state index in [1.165, 1.54) is 17.5 Å². The number of rotatable bonds is 3. The normalized spacial score (nSPS) is 11.3. The lowest BCUT2D eigenvalue weighted by Crippen LogP contribution is -2.07. The molecule has 0 aliphatic heterocycles. The molecule has 0 fully saturated rings. The van der Waals surface area contributed by atoms with Gasteiger partial charge in [0.25, 0.3) is 0 Å². The summed E-state index contributed by atoms with van der Waals surface area (Å²) in [5.41, 5.74) is -1.07. The number of alkyl halides is 3. The van der Waals surface area contributed by atoms with Gasteiger partial charge >= 0.3 is 12.1 Å². The largest absolute Gasteiger partial charge is 0.477 e. The lowest BCUT2D eigenvalue weighted by atomic mass is 10.3. The van der Waals surface area contributed by atoms with Crippen molar-refractivity contribution in [2.24, 2.45) is 0 Å². The second kappa shape index (κ2) is 4.88. The number of nitrogens with zero attached hydrogens (tertiary/aromatic N) is 1. The van der Waals surface area contributed by atoms with Crippen LogP contribution in [0.15, 0.2) is 29.6 Å². The minimum Gasteiger partial charge on any atom is -0.477 e. The van der Waals surface area contributed by atoms with Crippen molar-refractivity contribution in [1.82, 2.24) is 4.98 Å². The summed E-state index contributed by atoms with van der Waals surface area (Å²) >= 11 is 0.912. The molecule has 0 aliphatic rings. The molecular formula is C11H6F3NO3S. The number of halogens is 3. The van der Waals surface area contributed by atoms with E-state index < -0.39 is 17.8 Å². The van der Waals surface area contributed by atoms with E-state index in [-0.39, 0.29) is 16.5 Å². The van der Waals surface area contributed by atoms with Crippen molar-refractivity contribution in [2.75, 3.05) is 0 Å². The smallest absolute Gasteiger partial charge is 0.433 e. The average Bonchev–Trinajstić information content (AvgIpc) is 2.77. The number of ether oxygens (including phenoxy) is 1. The van der Waals surface area contributed by atoms with Gasteiger partial charge < -0.3 is 9.84 Å². The minimum atomic E-state index is -4.56. The van der Waals surface area contributed by atoms with Crippen LogP contribution in [0.25, 0.3) is 0 Å². The Morgan fingerprint density at radius 1 is 1.37 bits per heavy atom. The highest BCUT2D eigenvalue weighted by Crippen LogP contribution is 2.31. The number of hydrogen-bond acceptors (Lipinski definition) is 4. The Kier molecular flexibility index (Phi) is 3.43. The third-order valence-electron chi connectivity index (χ3n) is 2.02. The first-order chi connectivity index (χ1) is 8.86. The molecule has 0 aromatic carbocycles. The van der Waals surface area contributed by atoms with E-state index in [4.69, 9.17) is 9.84 Å². The van der Waals surface area contributed by atoms with Crippen molar-refractivity contribution in [1.29, 1.82) is 0 Å². The number of aromatic nitrogens is 1. The van der Waals surface area contributed by atoms with Gasteiger partial charge in [-0.2, -0.15) is 13.2 Å². The molecule has 100 valence electrons. The van der Waals surface area contributed by atoms with E-state index in [0.29, 0.717) is 0 Å². The summed E-state index contributed by atoms with van der Waals surface area (Å²) in [6, 6.07) is 4.46. The molecule has 1 N–H and O–H groups in total. The Hall–Kier alpha value is -2.09. The number of carboxylic acid groups (broad SMARTS) is 1. The van der Waals surface area contributed by atoms with Gasteiger partial charge in [-0.25, -0.2) is 9.78 Å². The Balaban J connectivity index is 2.21.